The zero-order valence-electron chi connectivity index (χ0n) is 43.0. The van der Waals surface area contributed by atoms with Gasteiger partial charge in [-0.15, -0.1) is 20.4 Å². The standard InChI is InChI=1S/C53H58F2N8O12/c1-30-58-60-46(72-30)38(66)28-52(3,4)50-56-42(36(64)26-20-32-16-22-34(54)23-17-32)44(48(70)62(50)7)74-40(68)14-12-10-9-11-13-15-41(69)75-45-43(37(65)27-21-33-18-24-35(55)25-19-33)57-51(63(8)49(45)71)53(5,6)29-39(67)47-61-59-31(2)73-47/h16-19,22-25H,9-15,20-21,26-29H2,1-8H3. The van der Waals surface area contributed by atoms with Crippen molar-refractivity contribution < 1.29 is 55.9 Å². The summed E-state index contributed by atoms with van der Waals surface area (Å²) in [6.07, 6.45) is 1.35. The second-order valence-corrected chi connectivity index (χ2v) is 19.5. The molecule has 0 unspecified atom stereocenters. The Morgan fingerprint density at radius 3 is 1.20 bits per heavy atom. The van der Waals surface area contributed by atoms with Gasteiger partial charge < -0.3 is 18.3 Å². The van der Waals surface area contributed by atoms with Crippen LogP contribution in [0.15, 0.2) is 67.0 Å². The Hall–Kier alpha value is -8.04. The number of hydrogen-bond donors (Lipinski definition) is 0. The van der Waals surface area contributed by atoms with Crippen molar-refractivity contribution in [2.75, 3.05) is 0 Å². The normalized spacial score (nSPS) is 11.7. The van der Waals surface area contributed by atoms with Crippen LogP contribution in [0.1, 0.15) is 175 Å². The van der Waals surface area contributed by atoms with E-state index in [1.807, 2.05) is 0 Å². The minimum absolute atomic E-state index is 0.0532. The minimum Gasteiger partial charge on any atom is -0.419 e. The maximum Gasteiger partial charge on any atom is 0.311 e. The van der Waals surface area contributed by atoms with Gasteiger partial charge in [-0.25, -0.2) is 18.7 Å². The lowest BCUT2D eigenvalue weighted by Gasteiger charge is -2.26. The summed E-state index contributed by atoms with van der Waals surface area (Å²) < 4.78 is 51.1. The molecular formula is C53H58F2N8O12. The molecule has 22 heteroatoms. The molecule has 6 aromatic rings. The van der Waals surface area contributed by atoms with Crippen LogP contribution in [-0.2, 0) is 47.4 Å². The van der Waals surface area contributed by atoms with Gasteiger partial charge in [-0.05, 0) is 61.1 Å². The number of ketones is 4. The lowest BCUT2D eigenvalue weighted by Crippen LogP contribution is -2.36. The number of nitrogens with zero attached hydrogens (tertiary/aromatic N) is 8. The van der Waals surface area contributed by atoms with Gasteiger partial charge in [-0.1, -0.05) is 71.2 Å². The van der Waals surface area contributed by atoms with Crippen LogP contribution in [0.3, 0.4) is 0 Å². The maximum absolute atomic E-state index is 13.9. The number of rotatable bonds is 26. The Balaban J connectivity index is 1.08. The molecule has 0 saturated heterocycles. The number of carbonyl (C=O) groups is 6. The number of aromatic nitrogens is 8. The summed E-state index contributed by atoms with van der Waals surface area (Å²) in [6, 6.07) is 11.1. The van der Waals surface area contributed by atoms with Gasteiger partial charge in [0.05, 0.1) is 0 Å². The van der Waals surface area contributed by atoms with Crippen molar-refractivity contribution in [1.29, 1.82) is 0 Å². The number of benzene rings is 2. The highest BCUT2D eigenvalue weighted by atomic mass is 19.1. The van der Waals surface area contributed by atoms with Crippen LogP contribution >= 0.6 is 0 Å². The SMILES string of the molecule is Cc1nnc(C(=O)CC(C)(C)c2nc(C(=O)CCc3ccc(F)cc3)c(OC(=O)CCCCCCCC(=O)Oc3c(C(=O)CCc4ccc(F)cc4)nc(C(C)(C)CC(=O)c4nnc(C)o4)n(C)c3=O)c(=O)n2C)o1. The topological polar surface area (TPSA) is 268 Å². The van der Waals surface area contributed by atoms with Gasteiger partial charge in [-0.2, -0.15) is 0 Å². The first-order chi connectivity index (χ1) is 35.4. The molecule has 0 N–H and O–H groups in total. The van der Waals surface area contributed by atoms with E-state index in [4.69, 9.17) is 18.3 Å². The van der Waals surface area contributed by atoms with E-state index < -0.39 is 91.5 Å². The summed E-state index contributed by atoms with van der Waals surface area (Å²) in [7, 11) is 2.76. The highest BCUT2D eigenvalue weighted by Gasteiger charge is 2.36. The monoisotopic (exact) mass is 1040 g/mol. The van der Waals surface area contributed by atoms with E-state index in [1.165, 1.54) is 76.5 Å². The van der Waals surface area contributed by atoms with Gasteiger partial charge in [-0.3, -0.25) is 47.5 Å². The predicted molar refractivity (Wildman–Crippen MR) is 263 cm³/mol. The van der Waals surface area contributed by atoms with Crippen molar-refractivity contribution in [3.8, 4) is 11.5 Å². The molecule has 0 aliphatic rings. The molecule has 0 bridgehead atoms. The lowest BCUT2D eigenvalue weighted by molar-refractivity contribution is -0.135. The summed E-state index contributed by atoms with van der Waals surface area (Å²) in [5.41, 5.74) is -3.51. The van der Waals surface area contributed by atoms with E-state index >= 15 is 0 Å². The molecular weight excluding hydrogens is 979 g/mol. The highest BCUT2D eigenvalue weighted by molar-refractivity contribution is 5.98. The predicted octanol–water partition coefficient (Wildman–Crippen LogP) is 7.51. The largest absolute Gasteiger partial charge is 0.419 e. The van der Waals surface area contributed by atoms with Crippen LogP contribution in [-0.4, -0.2) is 74.6 Å². The molecule has 396 valence electrons. The number of hydrogen-bond acceptors (Lipinski definition) is 18. The van der Waals surface area contributed by atoms with Crippen LogP contribution in [0.2, 0.25) is 0 Å². The number of halogens is 2. The van der Waals surface area contributed by atoms with Crippen molar-refractivity contribution in [3.63, 3.8) is 0 Å². The third kappa shape index (κ3) is 14.6. The quantitative estimate of drug-likeness (QED) is 0.0289. The third-order valence-corrected chi connectivity index (χ3v) is 12.3. The van der Waals surface area contributed by atoms with Crippen molar-refractivity contribution in [3.05, 3.63) is 139 Å². The molecule has 0 amide bonds. The van der Waals surface area contributed by atoms with E-state index in [9.17, 15) is 47.1 Å². The number of ether oxygens (including phenoxy) is 2. The molecule has 0 aliphatic heterocycles. The summed E-state index contributed by atoms with van der Waals surface area (Å²) in [6.45, 7) is 9.64. The summed E-state index contributed by atoms with van der Waals surface area (Å²) in [4.78, 5) is 117. The van der Waals surface area contributed by atoms with E-state index in [-0.39, 0.29) is 86.6 Å². The van der Waals surface area contributed by atoms with E-state index in [0.29, 0.717) is 43.2 Å². The molecule has 4 aromatic heterocycles. The molecule has 0 aliphatic carbocycles. The van der Waals surface area contributed by atoms with E-state index in [1.54, 1.807) is 27.7 Å². The zero-order valence-corrected chi connectivity index (χ0v) is 43.0. The third-order valence-electron chi connectivity index (χ3n) is 12.3. The second-order valence-electron chi connectivity index (χ2n) is 19.5. The summed E-state index contributed by atoms with van der Waals surface area (Å²) in [5.74, 6) is -5.96. The number of Topliss-reactive ketones (excluding diaryl/α,β-unsaturated/α-hetero) is 4. The van der Waals surface area contributed by atoms with Crippen molar-refractivity contribution in [1.82, 2.24) is 39.5 Å². The van der Waals surface area contributed by atoms with Crippen LogP contribution in [0.25, 0.3) is 0 Å². The highest BCUT2D eigenvalue weighted by Crippen LogP contribution is 2.31. The first-order valence-corrected chi connectivity index (χ1v) is 24.3. The van der Waals surface area contributed by atoms with Gasteiger partial charge in [0.2, 0.25) is 34.8 Å². The summed E-state index contributed by atoms with van der Waals surface area (Å²) >= 11 is 0. The van der Waals surface area contributed by atoms with E-state index in [0.717, 1.165) is 9.13 Å². The molecule has 20 nitrogen and oxygen atoms in total. The Morgan fingerprint density at radius 1 is 0.520 bits per heavy atom. The molecule has 0 fully saturated rings. The van der Waals surface area contributed by atoms with Crippen LogP contribution in [0, 0.1) is 25.5 Å². The number of unbranched alkanes of at least 4 members (excludes halogenated alkanes) is 4. The fourth-order valence-electron chi connectivity index (χ4n) is 8.32. The lowest BCUT2D eigenvalue weighted by atomic mass is 9.85. The van der Waals surface area contributed by atoms with Crippen molar-refractivity contribution in [2.24, 2.45) is 14.1 Å². The van der Waals surface area contributed by atoms with Gasteiger partial charge >= 0.3 is 11.9 Å². The molecule has 0 radical (unpaired) electrons. The smallest absolute Gasteiger partial charge is 0.311 e. The minimum atomic E-state index is -1.16. The number of esters is 2. The fraction of sp³-hybridized carbons (Fsp3) is 0.434. The molecule has 4 heterocycles. The number of carbonyl (C=O) groups excluding carboxylic acids is 6. The van der Waals surface area contributed by atoms with Crippen LogP contribution in [0.4, 0.5) is 8.78 Å². The Kier molecular flexibility index (Phi) is 18.3. The molecule has 0 saturated carbocycles. The van der Waals surface area contributed by atoms with Crippen molar-refractivity contribution >= 4 is 35.1 Å². The molecule has 2 aromatic carbocycles. The molecule has 0 atom stereocenters. The first kappa shape index (κ1) is 56.3. The summed E-state index contributed by atoms with van der Waals surface area (Å²) in [5, 5.41) is 14.9. The molecule has 0 spiro atoms. The maximum atomic E-state index is 13.9. The average molecular weight is 1040 g/mol. The van der Waals surface area contributed by atoms with Gasteiger partial charge in [0.15, 0.2) is 23.0 Å². The Labute approximate surface area is 429 Å². The first-order valence-electron chi connectivity index (χ1n) is 24.3. The number of aryl methyl sites for hydroxylation is 4. The van der Waals surface area contributed by atoms with Gasteiger partial charge in [0.1, 0.15) is 23.3 Å². The van der Waals surface area contributed by atoms with E-state index in [2.05, 4.69) is 30.4 Å². The van der Waals surface area contributed by atoms with Crippen LogP contribution < -0.4 is 20.6 Å². The Morgan fingerprint density at radius 2 is 0.867 bits per heavy atom. The average Bonchev–Trinajstić information content (AvgIpc) is 4.01. The van der Waals surface area contributed by atoms with Crippen molar-refractivity contribution in [2.45, 2.75) is 136 Å². The zero-order chi connectivity index (χ0) is 54.8. The van der Waals surface area contributed by atoms with Gasteiger partial charge in [0, 0.05) is 77.3 Å². The molecule has 75 heavy (non-hydrogen) atoms. The van der Waals surface area contributed by atoms with Gasteiger partial charge in [0.25, 0.3) is 22.9 Å². The Bertz CT molecular complexity index is 3010. The van der Waals surface area contributed by atoms with Crippen LogP contribution in [0.5, 0.6) is 11.5 Å². The fourth-order valence-corrected chi connectivity index (χ4v) is 8.32. The second kappa shape index (κ2) is 24.3. The molecule has 6 rings (SSSR count).